The average molecular weight is 666 g/mol. The molecule has 2 aromatic heterocycles. The lowest BCUT2D eigenvalue weighted by Crippen LogP contribution is -2.43. The van der Waals surface area contributed by atoms with Gasteiger partial charge in [0.25, 0.3) is 0 Å². The number of aromatic nitrogens is 2. The van der Waals surface area contributed by atoms with Gasteiger partial charge in [-0.3, -0.25) is 9.69 Å². The summed E-state index contributed by atoms with van der Waals surface area (Å²) in [4.78, 5) is 26.8. The average Bonchev–Trinajstić information content (AvgIpc) is 3.82. The monoisotopic (exact) mass is 665 g/mol. The Balaban J connectivity index is 1.37. The minimum atomic E-state index is -1.05. The molecule has 2 N–H and O–H groups in total. The normalized spacial score (nSPS) is 22.6. The van der Waals surface area contributed by atoms with Crippen molar-refractivity contribution in [2.24, 2.45) is 0 Å². The van der Waals surface area contributed by atoms with Crippen LogP contribution in [0.15, 0.2) is 30.9 Å². The Morgan fingerprint density at radius 3 is 2.85 bits per heavy atom. The highest BCUT2D eigenvalue weighted by Gasteiger charge is 2.49. The summed E-state index contributed by atoms with van der Waals surface area (Å²) in [5, 5.41) is 9.88. The van der Waals surface area contributed by atoms with Crippen molar-refractivity contribution in [3.05, 3.63) is 53.9 Å². The molecule has 9 nitrogen and oxygen atoms in total. The van der Waals surface area contributed by atoms with E-state index >= 15 is 8.78 Å². The van der Waals surface area contributed by atoms with Gasteiger partial charge in [-0.25, -0.2) is 17.6 Å². The van der Waals surface area contributed by atoms with Crippen LogP contribution in [-0.4, -0.2) is 83.3 Å². The van der Waals surface area contributed by atoms with E-state index in [1.54, 1.807) is 16.8 Å². The third kappa shape index (κ3) is 5.03. The number of rotatable bonds is 7. The molecule has 5 heterocycles. The highest BCUT2D eigenvalue weighted by molar-refractivity contribution is 7.23. The van der Waals surface area contributed by atoms with E-state index in [1.165, 1.54) is 12.1 Å². The first-order chi connectivity index (χ1) is 22.5. The number of fused-ring (bicyclic) bond motifs is 3. The van der Waals surface area contributed by atoms with Crippen LogP contribution in [0.1, 0.15) is 31.2 Å². The fourth-order valence-electron chi connectivity index (χ4n) is 7.46. The van der Waals surface area contributed by atoms with Gasteiger partial charge in [0, 0.05) is 49.9 Å². The number of thiophene rings is 1. The molecule has 2 aromatic carbocycles. The summed E-state index contributed by atoms with van der Waals surface area (Å²) in [5.74, 6) is -2.74. The molecule has 14 heteroatoms. The summed E-state index contributed by atoms with van der Waals surface area (Å²) < 4.78 is 68.3. The molecule has 3 saturated heterocycles. The Bertz CT molecular complexity index is 2000. The van der Waals surface area contributed by atoms with E-state index in [0.717, 1.165) is 42.9 Å². The largest absolute Gasteiger partial charge is 0.461 e. The number of likely N-dealkylation sites (tertiary alicyclic amines) is 1. The van der Waals surface area contributed by atoms with Crippen molar-refractivity contribution in [3.8, 4) is 23.2 Å². The number of nitrogen functional groups attached to an aromatic ring is 1. The Morgan fingerprint density at radius 2 is 2.09 bits per heavy atom. The van der Waals surface area contributed by atoms with Crippen molar-refractivity contribution >= 4 is 49.1 Å². The van der Waals surface area contributed by atoms with E-state index in [2.05, 4.69) is 21.4 Å². The van der Waals surface area contributed by atoms with Crippen molar-refractivity contribution in [1.29, 1.82) is 5.26 Å². The number of alkyl halides is 1. The van der Waals surface area contributed by atoms with Gasteiger partial charge in [-0.05, 0) is 49.6 Å². The van der Waals surface area contributed by atoms with E-state index in [-0.39, 0.29) is 67.5 Å². The maximum Gasteiger partial charge on any atom is 0.319 e. The number of anilines is 2. The smallest absolute Gasteiger partial charge is 0.319 e. The fraction of sp³-hybridized carbons (Fsp3) is 0.394. The molecule has 3 fully saturated rings. The molecule has 3 unspecified atom stereocenters. The molecular formula is C33H31F4N7O2S. The Morgan fingerprint density at radius 1 is 1.28 bits per heavy atom. The number of carbonyl (C=O) groups excluding carboxylic acids is 1. The van der Waals surface area contributed by atoms with Crippen molar-refractivity contribution in [1.82, 2.24) is 19.8 Å². The fourth-order valence-corrected chi connectivity index (χ4v) is 8.41. The molecule has 3 atom stereocenters. The Hall–Kier alpha value is -4.48. The number of likely N-dealkylation sites (N-methyl/N-ethyl adjacent to an activating group) is 1. The molecule has 0 saturated carbocycles. The number of halogens is 4. The number of nitrogens with zero attached hydrogens (tertiary/aromatic N) is 6. The maximum absolute atomic E-state index is 16.8. The lowest BCUT2D eigenvalue weighted by molar-refractivity contribution is -0.125. The predicted octanol–water partition coefficient (Wildman–Crippen LogP) is 5.56. The maximum atomic E-state index is 16.8. The zero-order chi connectivity index (χ0) is 33.2. The van der Waals surface area contributed by atoms with E-state index < -0.39 is 34.7 Å². The van der Waals surface area contributed by atoms with Gasteiger partial charge in [-0.2, -0.15) is 15.2 Å². The van der Waals surface area contributed by atoms with Gasteiger partial charge >= 0.3 is 6.01 Å². The first-order valence-electron chi connectivity index (χ1n) is 15.3. The number of hydrogen-bond acceptors (Lipinski definition) is 9. The Labute approximate surface area is 271 Å². The van der Waals surface area contributed by atoms with Crippen LogP contribution < -0.4 is 15.4 Å². The second kappa shape index (κ2) is 11.6. The lowest BCUT2D eigenvalue weighted by atomic mass is 9.95. The summed E-state index contributed by atoms with van der Waals surface area (Å²) in [7, 11) is 1.72. The molecule has 0 bridgehead atoms. The summed E-state index contributed by atoms with van der Waals surface area (Å²) in [6.45, 7) is 5.51. The molecule has 3 aliphatic heterocycles. The quantitative estimate of drug-likeness (QED) is 0.202. The van der Waals surface area contributed by atoms with Crippen LogP contribution in [-0.2, 0) is 4.79 Å². The summed E-state index contributed by atoms with van der Waals surface area (Å²) in [6.07, 6.45) is 2.76. The van der Waals surface area contributed by atoms with Crippen LogP contribution in [0.3, 0.4) is 0 Å². The van der Waals surface area contributed by atoms with Gasteiger partial charge in [0.05, 0.1) is 21.4 Å². The SMILES string of the molecule is C=CC(=O)N1CCC(N(C)c2nc(OCC34CCCN3CC(F)C4)nc3c(F)c(-c4ccc(F)c5sc(N)c(C#N)c45)c(F)cc23)C1. The van der Waals surface area contributed by atoms with Crippen molar-refractivity contribution in [3.63, 3.8) is 0 Å². The zero-order valence-electron chi connectivity index (χ0n) is 25.5. The number of benzene rings is 2. The van der Waals surface area contributed by atoms with Crippen molar-refractivity contribution < 1.29 is 27.1 Å². The first-order valence-corrected chi connectivity index (χ1v) is 16.1. The predicted molar refractivity (Wildman–Crippen MR) is 171 cm³/mol. The number of amides is 1. The van der Waals surface area contributed by atoms with Gasteiger partial charge in [0.2, 0.25) is 5.91 Å². The third-order valence-corrected chi connectivity index (χ3v) is 10.8. The molecule has 1 amide bonds. The number of hydrogen-bond donors (Lipinski definition) is 1. The molecule has 0 spiro atoms. The van der Waals surface area contributed by atoms with Gasteiger partial charge in [0.1, 0.15) is 46.8 Å². The van der Waals surface area contributed by atoms with E-state index in [4.69, 9.17) is 10.5 Å². The number of ether oxygens (including phenoxy) is 1. The van der Waals surface area contributed by atoms with E-state index in [0.29, 0.717) is 32.5 Å². The number of nitrogens with two attached hydrogens (primary N) is 1. The van der Waals surface area contributed by atoms with Crippen LogP contribution in [0.2, 0.25) is 0 Å². The summed E-state index contributed by atoms with van der Waals surface area (Å²) >= 11 is 0.825. The van der Waals surface area contributed by atoms with Crippen LogP contribution >= 0.6 is 11.3 Å². The number of carbonyl (C=O) groups is 1. The van der Waals surface area contributed by atoms with Crippen LogP contribution in [0.5, 0.6) is 6.01 Å². The van der Waals surface area contributed by atoms with Crippen LogP contribution in [0.25, 0.3) is 32.1 Å². The molecule has 4 aromatic rings. The second-order valence-electron chi connectivity index (χ2n) is 12.4. The molecule has 0 radical (unpaired) electrons. The minimum Gasteiger partial charge on any atom is -0.461 e. The molecule has 3 aliphatic rings. The highest BCUT2D eigenvalue weighted by Crippen LogP contribution is 2.45. The number of nitriles is 1. The van der Waals surface area contributed by atoms with E-state index in [9.17, 15) is 18.8 Å². The molecule has 0 aliphatic carbocycles. The van der Waals surface area contributed by atoms with Crippen molar-refractivity contribution in [2.75, 3.05) is 50.5 Å². The lowest BCUT2D eigenvalue weighted by Gasteiger charge is -2.31. The minimum absolute atomic E-state index is 0.00513. The van der Waals surface area contributed by atoms with Gasteiger partial charge in [0.15, 0.2) is 5.82 Å². The van der Waals surface area contributed by atoms with Gasteiger partial charge < -0.3 is 20.3 Å². The van der Waals surface area contributed by atoms with E-state index in [1.807, 2.05) is 6.07 Å². The topological polar surface area (TPSA) is 112 Å². The molecular weight excluding hydrogens is 634 g/mol. The van der Waals surface area contributed by atoms with Crippen LogP contribution in [0.4, 0.5) is 28.4 Å². The van der Waals surface area contributed by atoms with Crippen molar-refractivity contribution in [2.45, 2.75) is 43.4 Å². The van der Waals surface area contributed by atoms with Crippen LogP contribution in [0, 0.1) is 28.8 Å². The molecule has 47 heavy (non-hydrogen) atoms. The second-order valence-corrected chi connectivity index (χ2v) is 13.5. The van der Waals surface area contributed by atoms with Gasteiger partial charge in [-0.1, -0.05) is 12.6 Å². The summed E-state index contributed by atoms with van der Waals surface area (Å²) in [5.41, 5.74) is 4.58. The summed E-state index contributed by atoms with van der Waals surface area (Å²) in [6, 6.07) is 4.93. The Kier molecular flexibility index (Phi) is 7.71. The zero-order valence-corrected chi connectivity index (χ0v) is 26.3. The third-order valence-electron chi connectivity index (χ3n) is 9.80. The standard InChI is InChI=1S/C33H31F4N7O2S/c1-3-24(45)43-10-7-18(15-43)42(2)31-20-11-23(36)26(19-5-6-22(35)29-25(19)21(13-38)30(39)47-29)27(37)28(20)40-32(41-31)46-16-33-8-4-9-44(33)14-17(34)12-33/h3,5-6,11,17-18H,1,4,7-10,12,14-16,39H2,2H3. The van der Waals surface area contributed by atoms with Gasteiger partial charge in [-0.15, -0.1) is 11.3 Å². The molecule has 244 valence electrons. The highest BCUT2D eigenvalue weighted by atomic mass is 32.1. The molecule has 7 rings (SSSR count). The first kappa shape index (κ1) is 31.1.